The number of benzene rings is 2. The van der Waals surface area contributed by atoms with Gasteiger partial charge in [-0.3, -0.25) is 0 Å². The van der Waals surface area contributed by atoms with Crippen LogP contribution in [0.25, 0.3) is 11.5 Å². The molecule has 5 rings (SSSR count). The highest BCUT2D eigenvalue weighted by molar-refractivity contribution is 7.98. The molecule has 1 aliphatic rings. The van der Waals surface area contributed by atoms with Crippen molar-refractivity contribution in [1.82, 2.24) is 20.4 Å². The highest BCUT2D eigenvalue weighted by Gasteiger charge is 2.27. The van der Waals surface area contributed by atoms with Gasteiger partial charge >= 0.3 is 0 Å². The third-order valence-corrected chi connectivity index (χ3v) is 4.82. The second-order valence-electron chi connectivity index (χ2n) is 5.93. The van der Waals surface area contributed by atoms with Crippen molar-refractivity contribution in [2.24, 2.45) is 0 Å². The fourth-order valence-corrected chi connectivity index (χ4v) is 3.29. The minimum Gasteiger partial charge on any atom is -0.485 e. The van der Waals surface area contributed by atoms with Gasteiger partial charge in [-0.25, -0.2) is 0 Å². The van der Waals surface area contributed by atoms with E-state index in [9.17, 15) is 0 Å². The molecule has 0 radical (unpaired) electrons. The molecule has 0 fully saturated rings. The lowest BCUT2D eigenvalue weighted by Crippen LogP contribution is -2.21. The topological polar surface area (TPSA) is 96.3 Å². The Morgan fingerprint density at radius 2 is 1.68 bits per heavy atom. The summed E-state index contributed by atoms with van der Waals surface area (Å²) in [4.78, 5) is 0. The molecule has 1 aliphatic heterocycles. The lowest BCUT2D eigenvalue weighted by molar-refractivity contribution is 0.0686. The molecule has 9 heteroatoms. The molecule has 0 saturated heterocycles. The van der Waals surface area contributed by atoms with Gasteiger partial charge < -0.3 is 18.3 Å². The lowest BCUT2D eigenvalue weighted by atomic mass is 10.2. The van der Waals surface area contributed by atoms with E-state index < -0.39 is 6.10 Å². The van der Waals surface area contributed by atoms with Gasteiger partial charge in [-0.1, -0.05) is 42.1 Å². The van der Waals surface area contributed by atoms with E-state index >= 15 is 0 Å². The number of hydrogen-bond donors (Lipinski definition) is 0. The van der Waals surface area contributed by atoms with Crippen LogP contribution in [0.2, 0.25) is 0 Å². The molecule has 0 N–H and O–H groups in total. The van der Waals surface area contributed by atoms with Gasteiger partial charge in [0.15, 0.2) is 11.5 Å². The molecule has 4 aromatic rings. The van der Waals surface area contributed by atoms with Crippen molar-refractivity contribution in [3.8, 4) is 23.0 Å². The van der Waals surface area contributed by atoms with E-state index in [2.05, 4.69) is 20.4 Å². The fourth-order valence-electron chi connectivity index (χ4n) is 2.68. The van der Waals surface area contributed by atoms with Gasteiger partial charge in [0.1, 0.15) is 6.61 Å². The van der Waals surface area contributed by atoms with Gasteiger partial charge in [0.2, 0.25) is 17.9 Å². The van der Waals surface area contributed by atoms with Crippen molar-refractivity contribution in [2.45, 2.75) is 17.1 Å². The van der Waals surface area contributed by atoms with E-state index in [-0.39, 0.29) is 0 Å². The normalized spacial score (nSPS) is 15.5. The van der Waals surface area contributed by atoms with Gasteiger partial charge in [0.25, 0.3) is 11.1 Å². The number of nitrogens with zero attached hydrogens (tertiary/aromatic N) is 4. The zero-order valence-corrected chi connectivity index (χ0v) is 15.3. The zero-order valence-electron chi connectivity index (χ0n) is 14.5. The van der Waals surface area contributed by atoms with E-state index in [0.29, 0.717) is 46.8 Å². The molecule has 28 heavy (non-hydrogen) atoms. The van der Waals surface area contributed by atoms with Crippen molar-refractivity contribution >= 4 is 11.8 Å². The van der Waals surface area contributed by atoms with Crippen molar-refractivity contribution in [1.29, 1.82) is 0 Å². The van der Waals surface area contributed by atoms with Crippen LogP contribution < -0.4 is 9.47 Å². The first-order chi connectivity index (χ1) is 13.8. The lowest BCUT2D eigenvalue weighted by Gasteiger charge is -2.23. The van der Waals surface area contributed by atoms with Crippen LogP contribution in [0.15, 0.2) is 68.7 Å². The molecule has 0 amide bonds. The van der Waals surface area contributed by atoms with E-state index in [1.54, 1.807) is 0 Å². The minimum absolute atomic E-state index is 0.313. The molecule has 0 spiro atoms. The Hall–Kier alpha value is -3.33. The number of thioether (sulfide) groups is 1. The standard InChI is InChI=1S/C19H14N4O4S/c1-2-6-12(7-3-1)17-21-20-16(26-17)11-28-19-23-22-18(27-19)15-10-24-13-8-4-5-9-14(13)25-15/h1-9,15H,10-11H2/t15-/m1/s1. The number of para-hydroxylation sites is 2. The quantitative estimate of drug-likeness (QED) is 0.466. The van der Waals surface area contributed by atoms with Gasteiger partial charge in [-0.2, -0.15) is 0 Å². The van der Waals surface area contributed by atoms with Crippen LogP contribution in [0, 0.1) is 0 Å². The van der Waals surface area contributed by atoms with Crippen LogP contribution in [0.5, 0.6) is 11.5 Å². The maximum absolute atomic E-state index is 5.88. The number of hydrogen-bond acceptors (Lipinski definition) is 9. The molecule has 2 aromatic carbocycles. The monoisotopic (exact) mass is 394 g/mol. The summed E-state index contributed by atoms with van der Waals surface area (Å²) in [6.07, 6.45) is -0.440. The van der Waals surface area contributed by atoms with Crippen LogP contribution in [0.4, 0.5) is 0 Å². The van der Waals surface area contributed by atoms with E-state index in [1.807, 2.05) is 54.6 Å². The molecular weight excluding hydrogens is 380 g/mol. The summed E-state index contributed by atoms with van der Waals surface area (Å²) in [6, 6.07) is 17.1. The second kappa shape index (κ2) is 7.35. The summed E-state index contributed by atoms with van der Waals surface area (Å²) >= 11 is 1.32. The van der Waals surface area contributed by atoms with E-state index in [0.717, 1.165) is 5.56 Å². The zero-order chi connectivity index (χ0) is 18.8. The highest BCUT2D eigenvalue weighted by atomic mass is 32.2. The van der Waals surface area contributed by atoms with Crippen LogP contribution in [-0.4, -0.2) is 27.0 Å². The van der Waals surface area contributed by atoms with Gasteiger partial charge in [0.05, 0.1) is 5.75 Å². The molecule has 140 valence electrons. The van der Waals surface area contributed by atoms with Crippen LogP contribution >= 0.6 is 11.8 Å². The second-order valence-corrected chi connectivity index (χ2v) is 6.85. The summed E-state index contributed by atoms with van der Waals surface area (Å²) in [5.74, 6) is 3.12. The van der Waals surface area contributed by atoms with Crippen LogP contribution in [-0.2, 0) is 5.75 Å². The Balaban J connectivity index is 1.23. The van der Waals surface area contributed by atoms with Crippen LogP contribution in [0.1, 0.15) is 17.9 Å². The molecule has 0 bridgehead atoms. The smallest absolute Gasteiger partial charge is 0.277 e. The summed E-state index contributed by atoms with van der Waals surface area (Å²) in [5, 5.41) is 16.6. The minimum atomic E-state index is -0.440. The van der Waals surface area contributed by atoms with E-state index in [1.165, 1.54) is 11.8 Å². The van der Waals surface area contributed by atoms with E-state index in [4.69, 9.17) is 18.3 Å². The Morgan fingerprint density at radius 3 is 2.57 bits per heavy atom. The molecule has 2 aromatic heterocycles. The number of aromatic nitrogens is 4. The van der Waals surface area contributed by atoms with Crippen molar-refractivity contribution in [3.63, 3.8) is 0 Å². The molecule has 0 saturated carbocycles. The Labute approximate surface area is 163 Å². The highest BCUT2D eigenvalue weighted by Crippen LogP contribution is 2.36. The summed E-state index contributed by atoms with van der Waals surface area (Å²) in [6.45, 7) is 0.313. The molecule has 3 heterocycles. The summed E-state index contributed by atoms with van der Waals surface area (Å²) in [5.41, 5.74) is 0.876. The Morgan fingerprint density at radius 1 is 0.857 bits per heavy atom. The van der Waals surface area contributed by atoms with Crippen molar-refractivity contribution in [2.75, 3.05) is 6.61 Å². The van der Waals surface area contributed by atoms with Crippen LogP contribution in [0.3, 0.4) is 0 Å². The molecule has 0 aliphatic carbocycles. The molecule has 8 nitrogen and oxygen atoms in total. The average Bonchev–Trinajstić information content (AvgIpc) is 3.42. The molecule has 0 unspecified atom stereocenters. The number of rotatable bonds is 5. The first-order valence-corrected chi connectivity index (χ1v) is 9.56. The third kappa shape index (κ3) is 3.44. The largest absolute Gasteiger partial charge is 0.485 e. The summed E-state index contributed by atoms with van der Waals surface area (Å²) in [7, 11) is 0. The third-order valence-electron chi connectivity index (χ3n) is 4.01. The van der Waals surface area contributed by atoms with Gasteiger partial charge in [-0.15, -0.1) is 20.4 Å². The maximum atomic E-state index is 5.88. The molecule has 1 atom stereocenters. The fraction of sp³-hybridized carbons (Fsp3) is 0.158. The average molecular weight is 394 g/mol. The predicted molar refractivity (Wildman–Crippen MR) is 98.9 cm³/mol. The van der Waals surface area contributed by atoms with Crippen molar-refractivity contribution < 1.29 is 18.3 Å². The predicted octanol–water partition coefficient (Wildman–Crippen LogP) is 3.92. The SMILES string of the molecule is c1ccc(-c2nnc(CSc3nnc([C@H]4COc5ccccc5O4)o3)o2)cc1. The number of ether oxygens (including phenoxy) is 2. The van der Waals surface area contributed by atoms with Gasteiger partial charge in [-0.05, 0) is 24.3 Å². The first kappa shape index (κ1) is 16.8. The maximum Gasteiger partial charge on any atom is 0.277 e. The van der Waals surface area contributed by atoms with Crippen molar-refractivity contribution in [3.05, 3.63) is 66.4 Å². The number of fused-ring (bicyclic) bond motifs is 1. The molecular formula is C19H14N4O4S. The first-order valence-electron chi connectivity index (χ1n) is 8.57. The Bertz CT molecular complexity index is 1080. The van der Waals surface area contributed by atoms with Gasteiger partial charge in [0, 0.05) is 5.56 Å². The summed E-state index contributed by atoms with van der Waals surface area (Å²) < 4.78 is 22.9. The Kier molecular flexibility index (Phi) is 4.42.